The number of ether oxygens (including phenoxy) is 1. The Kier molecular flexibility index (Phi) is 4.13. The molecule has 1 aliphatic rings. The Labute approximate surface area is 143 Å². The highest BCUT2D eigenvalue weighted by Crippen LogP contribution is 2.28. The van der Waals surface area contributed by atoms with Crippen LogP contribution in [-0.2, 0) is 0 Å². The van der Waals surface area contributed by atoms with Crippen molar-refractivity contribution in [1.29, 1.82) is 0 Å². The summed E-state index contributed by atoms with van der Waals surface area (Å²) in [5.74, 6) is 0.439. The highest BCUT2D eigenvalue weighted by Gasteiger charge is 2.23. The van der Waals surface area contributed by atoms with Crippen LogP contribution in [0, 0.1) is 11.8 Å². The van der Waals surface area contributed by atoms with Crippen molar-refractivity contribution in [3.05, 3.63) is 54.6 Å². The minimum absolute atomic E-state index is 0.0355. The molecule has 0 saturated carbocycles. The van der Waals surface area contributed by atoms with Gasteiger partial charge in [0.2, 0.25) is 5.95 Å². The summed E-state index contributed by atoms with van der Waals surface area (Å²) in [6, 6.07) is 7.76. The highest BCUT2D eigenvalue weighted by molar-refractivity contribution is 5.89. The third-order valence-electron chi connectivity index (χ3n) is 4.34. The highest BCUT2D eigenvalue weighted by atomic mass is 19.1. The van der Waals surface area contributed by atoms with Crippen LogP contribution in [0.15, 0.2) is 42.9 Å². The molecule has 0 N–H and O–H groups in total. The fourth-order valence-electron chi connectivity index (χ4n) is 3.10. The van der Waals surface area contributed by atoms with E-state index in [0.29, 0.717) is 16.7 Å². The SMILES string of the molecule is Fc1ccc(OC2CCN(c3ncnc4c(F)cccc34)CC2)cn1. The molecular weight excluding hydrogens is 326 g/mol. The van der Waals surface area contributed by atoms with Crippen molar-refractivity contribution in [2.24, 2.45) is 0 Å². The van der Waals surface area contributed by atoms with Gasteiger partial charge in [0.25, 0.3) is 0 Å². The van der Waals surface area contributed by atoms with Crippen molar-refractivity contribution in [1.82, 2.24) is 15.0 Å². The van der Waals surface area contributed by atoms with Gasteiger partial charge in [-0.25, -0.2) is 19.3 Å². The minimum atomic E-state index is -0.523. The van der Waals surface area contributed by atoms with Crippen LogP contribution in [0.25, 0.3) is 10.9 Å². The Bertz CT molecular complexity index is 880. The zero-order chi connectivity index (χ0) is 17.2. The molecule has 4 rings (SSSR count). The van der Waals surface area contributed by atoms with Gasteiger partial charge in [-0.3, -0.25) is 0 Å². The number of para-hydroxylation sites is 1. The maximum atomic E-state index is 13.9. The molecule has 0 radical (unpaired) electrons. The molecule has 2 aromatic heterocycles. The van der Waals surface area contributed by atoms with Crippen molar-refractivity contribution < 1.29 is 13.5 Å². The fourth-order valence-corrected chi connectivity index (χ4v) is 3.10. The smallest absolute Gasteiger partial charge is 0.213 e. The second-order valence-electron chi connectivity index (χ2n) is 5.95. The van der Waals surface area contributed by atoms with Gasteiger partial charge >= 0.3 is 0 Å². The van der Waals surface area contributed by atoms with Gasteiger partial charge in [-0.1, -0.05) is 6.07 Å². The Morgan fingerprint density at radius 3 is 2.60 bits per heavy atom. The second kappa shape index (κ2) is 6.58. The molecule has 0 unspecified atom stereocenters. The zero-order valence-electron chi connectivity index (χ0n) is 13.4. The van der Waals surface area contributed by atoms with Gasteiger partial charge in [0.05, 0.1) is 6.20 Å². The summed E-state index contributed by atoms with van der Waals surface area (Å²) in [5.41, 5.74) is 0.336. The van der Waals surface area contributed by atoms with Crippen molar-refractivity contribution in [3.63, 3.8) is 0 Å². The van der Waals surface area contributed by atoms with Gasteiger partial charge in [0.1, 0.15) is 35.3 Å². The number of hydrogen-bond donors (Lipinski definition) is 0. The molecule has 1 fully saturated rings. The largest absolute Gasteiger partial charge is 0.489 e. The number of halogens is 2. The van der Waals surface area contributed by atoms with Crippen LogP contribution in [0.1, 0.15) is 12.8 Å². The quantitative estimate of drug-likeness (QED) is 0.683. The second-order valence-corrected chi connectivity index (χ2v) is 5.95. The van der Waals surface area contributed by atoms with E-state index in [2.05, 4.69) is 19.9 Å². The van der Waals surface area contributed by atoms with E-state index in [1.54, 1.807) is 12.1 Å². The summed E-state index contributed by atoms with van der Waals surface area (Å²) in [6.07, 6.45) is 4.40. The predicted molar refractivity (Wildman–Crippen MR) is 89.6 cm³/mol. The average molecular weight is 342 g/mol. The van der Waals surface area contributed by atoms with Crippen LogP contribution in [0.2, 0.25) is 0 Å². The van der Waals surface area contributed by atoms with E-state index in [1.807, 2.05) is 6.07 Å². The first-order valence-electron chi connectivity index (χ1n) is 8.13. The molecule has 0 aliphatic carbocycles. The van der Waals surface area contributed by atoms with Gasteiger partial charge in [-0.05, 0) is 24.3 Å². The van der Waals surface area contributed by atoms with E-state index in [0.717, 1.165) is 31.7 Å². The van der Waals surface area contributed by atoms with Gasteiger partial charge in [0.15, 0.2) is 0 Å². The number of benzene rings is 1. The monoisotopic (exact) mass is 342 g/mol. The summed E-state index contributed by atoms with van der Waals surface area (Å²) in [6.45, 7) is 1.48. The number of hydrogen-bond acceptors (Lipinski definition) is 5. The third kappa shape index (κ3) is 3.22. The molecule has 7 heteroatoms. The molecule has 0 atom stereocenters. The Balaban J connectivity index is 1.47. The van der Waals surface area contributed by atoms with E-state index < -0.39 is 5.95 Å². The van der Waals surface area contributed by atoms with Gasteiger partial charge in [-0.15, -0.1) is 0 Å². The van der Waals surface area contributed by atoms with Crippen LogP contribution in [0.4, 0.5) is 14.6 Å². The number of anilines is 1. The van der Waals surface area contributed by atoms with Crippen LogP contribution in [0.3, 0.4) is 0 Å². The lowest BCUT2D eigenvalue weighted by Gasteiger charge is -2.33. The summed E-state index contributed by atoms with van der Waals surface area (Å²) in [4.78, 5) is 14.1. The number of nitrogens with zero attached hydrogens (tertiary/aromatic N) is 4. The molecule has 1 aromatic carbocycles. The minimum Gasteiger partial charge on any atom is -0.489 e. The lowest BCUT2D eigenvalue weighted by molar-refractivity contribution is 0.170. The van der Waals surface area contributed by atoms with Crippen LogP contribution >= 0.6 is 0 Å². The predicted octanol–water partition coefficient (Wildman–Crippen LogP) is 3.35. The fraction of sp³-hybridized carbons (Fsp3) is 0.278. The summed E-state index contributed by atoms with van der Waals surface area (Å²) >= 11 is 0. The van der Waals surface area contributed by atoms with Crippen molar-refractivity contribution in [3.8, 4) is 5.75 Å². The third-order valence-corrected chi connectivity index (χ3v) is 4.34. The van der Waals surface area contributed by atoms with Crippen LogP contribution in [-0.4, -0.2) is 34.1 Å². The number of fused-ring (bicyclic) bond motifs is 1. The lowest BCUT2D eigenvalue weighted by Crippen LogP contribution is -2.38. The van der Waals surface area contributed by atoms with Crippen LogP contribution < -0.4 is 9.64 Å². The van der Waals surface area contributed by atoms with Gasteiger partial charge < -0.3 is 9.64 Å². The lowest BCUT2D eigenvalue weighted by atomic mass is 10.1. The molecule has 3 aromatic rings. The Morgan fingerprint density at radius 2 is 1.84 bits per heavy atom. The Hall–Kier alpha value is -2.83. The van der Waals surface area contributed by atoms with E-state index in [-0.39, 0.29) is 11.9 Å². The van der Waals surface area contributed by atoms with E-state index in [1.165, 1.54) is 24.7 Å². The Morgan fingerprint density at radius 1 is 1.00 bits per heavy atom. The molecule has 128 valence electrons. The average Bonchev–Trinajstić information content (AvgIpc) is 2.64. The zero-order valence-corrected chi connectivity index (χ0v) is 13.4. The van der Waals surface area contributed by atoms with E-state index in [4.69, 9.17) is 4.74 Å². The maximum absolute atomic E-state index is 13.9. The molecule has 0 bridgehead atoms. The topological polar surface area (TPSA) is 51.1 Å². The number of piperidine rings is 1. The van der Waals surface area contributed by atoms with Gasteiger partial charge in [-0.2, -0.15) is 4.39 Å². The standard InChI is InChI=1S/C18H16F2N4O/c19-15-3-1-2-14-17(15)22-11-23-18(14)24-8-6-12(7-9-24)25-13-4-5-16(20)21-10-13/h1-5,10-12H,6-9H2. The molecule has 1 saturated heterocycles. The van der Waals surface area contributed by atoms with E-state index >= 15 is 0 Å². The molecule has 0 amide bonds. The van der Waals surface area contributed by atoms with Crippen LogP contribution in [0.5, 0.6) is 5.75 Å². The maximum Gasteiger partial charge on any atom is 0.213 e. The number of pyridine rings is 1. The molecule has 25 heavy (non-hydrogen) atoms. The summed E-state index contributed by atoms with van der Waals surface area (Å²) in [7, 11) is 0. The molecule has 3 heterocycles. The first kappa shape index (κ1) is 15.7. The molecule has 1 aliphatic heterocycles. The number of aromatic nitrogens is 3. The summed E-state index contributed by atoms with van der Waals surface area (Å²) in [5, 5.41) is 0.713. The van der Waals surface area contributed by atoms with Gasteiger partial charge in [0, 0.05) is 31.3 Å². The summed E-state index contributed by atoms with van der Waals surface area (Å²) < 4.78 is 32.6. The molecular formula is C18H16F2N4O. The van der Waals surface area contributed by atoms with Crippen molar-refractivity contribution >= 4 is 16.7 Å². The number of rotatable bonds is 3. The van der Waals surface area contributed by atoms with Crippen molar-refractivity contribution in [2.45, 2.75) is 18.9 Å². The first-order valence-corrected chi connectivity index (χ1v) is 8.13. The normalized spacial score (nSPS) is 15.5. The molecule has 5 nitrogen and oxygen atoms in total. The van der Waals surface area contributed by atoms with Crippen molar-refractivity contribution in [2.75, 3.05) is 18.0 Å². The molecule has 0 spiro atoms. The first-order chi connectivity index (χ1) is 12.2. The van der Waals surface area contributed by atoms with E-state index in [9.17, 15) is 8.78 Å².